The molecule has 0 aliphatic carbocycles. The molecule has 0 bridgehead atoms. The third-order valence-corrected chi connectivity index (χ3v) is 5.70. The van der Waals surface area contributed by atoms with Gasteiger partial charge in [-0.15, -0.1) is 4.91 Å². The van der Waals surface area contributed by atoms with Crippen LogP contribution in [0.2, 0.25) is 0 Å². The Balaban J connectivity index is 1.85. The molecule has 1 aliphatic heterocycles. The minimum Gasteiger partial charge on any atom is -0.274 e. The Bertz CT molecular complexity index is 1520. The molecule has 1 aliphatic rings. The zero-order valence-corrected chi connectivity index (χ0v) is 18.1. The Morgan fingerprint density at radius 1 is 0.600 bits per heavy atom. The van der Waals surface area contributed by atoms with Gasteiger partial charge in [-0.25, -0.2) is 0 Å². The summed E-state index contributed by atoms with van der Waals surface area (Å²) in [7, 11) is 0. The zero-order chi connectivity index (χ0) is 24.5. The number of rotatable bonds is 4. The van der Waals surface area contributed by atoms with Crippen LogP contribution in [0.5, 0.6) is 0 Å². The van der Waals surface area contributed by atoms with Crippen LogP contribution in [0.3, 0.4) is 0 Å². The first-order valence-electron chi connectivity index (χ1n) is 10.6. The maximum absolute atomic E-state index is 14.0. The van der Waals surface area contributed by atoms with Crippen molar-refractivity contribution in [1.82, 2.24) is 0 Å². The quantitative estimate of drug-likeness (QED) is 0.201. The summed E-state index contributed by atoms with van der Waals surface area (Å²) in [5.41, 5.74) is 0.612. The highest BCUT2D eigenvalue weighted by molar-refractivity contribution is 6.25. The summed E-state index contributed by atoms with van der Waals surface area (Å²) < 4.78 is 0. The van der Waals surface area contributed by atoms with Gasteiger partial charge < -0.3 is 0 Å². The van der Waals surface area contributed by atoms with E-state index in [9.17, 15) is 24.6 Å². The summed E-state index contributed by atoms with van der Waals surface area (Å²) in [6, 6.07) is 24.9. The van der Waals surface area contributed by atoms with E-state index in [4.69, 9.17) is 0 Å². The highest BCUT2D eigenvalue weighted by atomic mass is 16.6. The predicted octanol–water partition coefficient (Wildman–Crippen LogP) is 6.26. The second-order valence-corrected chi connectivity index (χ2v) is 7.64. The van der Waals surface area contributed by atoms with Gasteiger partial charge in [0.15, 0.2) is 0 Å². The normalized spacial score (nSPS) is 12.9. The van der Waals surface area contributed by atoms with Gasteiger partial charge in [-0.2, -0.15) is 0 Å². The van der Waals surface area contributed by atoms with Gasteiger partial charge >= 0.3 is 0 Å². The number of hydrogen-bond acceptors (Lipinski definition) is 6. The van der Waals surface area contributed by atoms with Crippen LogP contribution >= 0.6 is 0 Å². The minimum atomic E-state index is -0.573. The standard InChI is InChI=1S/C26H16N4O5/c31-25-18-10-2-5-13-21(18)29(23-15-7-8-16-24(23)30(34)35)26(32)17-9-1-4-12-20(17)28(25)22-14-6-3-11-19(22)27-33/h1-16H. The molecule has 170 valence electrons. The van der Waals surface area contributed by atoms with E-state index in [1.165, 1.54) is 46.2 Å². The van der Waals surface area contributed by atoms with Crippen molar-refractivity contribution < 1.29 is 14.5 Å². The lowest BCUT2D eigenvalue weighted by molar-refractivity contribution is -0.384. The largest absolute Gasteiger partial charge is 0.293 e. The molecular formula is C26H16N4O5. The number of benzene rings is 4. The van der Waals surface area contributed by atoms with Crippen molar-refractivity contribution >= 4 is 45.9 Å². The molecule has 0 aromatic heterocycles. The first-order valence-corrected chi connectivity index (χ1v) is 10.6. The summed E-state index contributed by atoms with van der Waals surface area (Å²) in [5.74, 6) is -1.10. The average molecular weight is 464 g/mol. The van der Waals surface area contributed by atoms with Crippen LogP contribution < -0.4 is 9.80 Å². The van der Waals surface area contributed by atoms with Crippen molar-refractivity contribution in [2.45, 2.75) is 0 Å². The molecular weight excluding hydrogens is 448 g/mol. The van der Waals surface area contributed by atoms with Crippen LogP contribution in [-0.2, 0) is 0 Å². The van der Waals surface area contributed by atoms with Crippen molar-refractivity contribution in [2.75, 3.05) is 9.80 Å². The Hall–Kier alpha value is -5.18. The molecule has 0 fully saturated rings. The van der Waals surface area contributed by atoms with Crippen LogP contribution in [-0.4, -0.2) is 16.7 Å². The van der Waals surface area contributed by atoms with E-state index >= 15 is 0 Å². The number of para-hydroxylation sites is 5. The fourth-order valence-electron chi connectivity index (χ4n) is 4.18. The van der Waals surface area contributed by atoms with Crippen LogP contribution in [0.1, 0.15) is 20.7 Å². The lowest BCUT2D eigenvalue weighted by Gasteiger charge is -2.33. The molecule has 9 nitrogen and oxygen atoms in total. The summed E-state index contributed by atoms with van der Waals surface area (Å²) in [6.07, 6.45) is 0. The van der Waals surface area contributed by atoms with Gasteiger partial charge in [-0.05, 0) is 47.6 Å². The molecule has 35 heavy (non-hydrogen) atoms. The topological polar surface area (TPSA) is 113 Å². The highest BCUT2D eigenvalue weighted by Gasteiger charge is 2.37. The van der Waals surface area contributed by atoms with E-state index < -0.39 is 16.7 Å². The number of anilines is 4. The molecule has 0 spiro atoms. The first-order chi connectivity index (χ1) is 17.0. The Kier molecular flexibility index (Phi) is 5.34. The van der Waals surface area contributed by atoms with E-state index in [0.29, 0.717) is 0 Å². The predicted molar refractivity (Wildman–Crippen MR) is 131 cm³/mol. The Morgan fingerprint density at radius 3 is 1.57 bits per heavy atom. The number of fused-ring (bicyclic) bond motifs is 2. The van der Waals surface area contributed by atoms with Crippen molar-refractivity contribution in [3.8, 4) is 0 Å². The van der Waals surface area contributed by atoms with Gasteiger partial charge in [-0.1, -0.05) is 48.5 Å². The number of nitrogens with zero attached hydrogens (tertiary/aromatic N) is 4. The maximum atomic E-state index is 14.0. The lowest BCUT2D eigenvalue weighted by Crippen LogP contribution is -2.36. The number of nitro benzene ring substituents is 1. The molecule has 0 saturated heterocycles. The molecule has 1 heterocycles. The number of amides is 2. The molecule has 4 aromatic carbocycles. The third kappa shape index (κ3) is 3.51. The summed E-state index contributed by atoms with van der Waals surface area (Å²) in [6.45, 7) is 0. The Morgan fingerprint density at radius 2 is 1.03 bits per heavy atom. The molecule has 2 amide bonds. The van der Waals surface area contributed by atoms with E-state index in [2.05, 4.69) is 5.18 Å². The smallest absolute Gasteiger partial charge is 0.274 e. The second-order valence-electron chi connectivity index (χ2n) is 7.64. The van der Waals surface area contributed by atoms with Crippen molar-refractivity contribution in [3.05, 3.63) is 123 Å². The monoisotopic (exact) mass is 464 g/mol. The van der Waals surface area contributed by atoms with E-state index in [0.717, 1.165) is 0 Å². The SMILES string of the molecule is O=Nc1ccccc1N1C(=O)c2ccccc2N(c2ccccc2[N+](=O)[O-])C(=O)c2ccccc21. The summed E-state index contributed by atoms with van der Waals surface area (Å²) in [4.78, 5) is 53.3. The molecule has 0 saturated carbocycles. The average Bonchev–Trinajstić information content (AvgIpc) is 2.89. The molecule has 4 aromatic rings. The van der Waals surface area contributed by atoms with Crippen molar-refractivity contribution in [2.24, 2.45) is 5.18 Å². The van der Waals surface area contributed by atoms with Gasteiger partial charge in [-0.3, -0.25) is 29.5 Å². The van der Waals surface area contributed by atoms with Gasteiger partial charge in [0, 0.05) is 6.07 Å². The zero-order valence-electron chi connectivity index (χ0n) is 18.1. The van der Waals surface area contributed by atoms with E-state index in [1.807, 2.05) is 0 Å². The number of carbonyl (C=O) groups excluding carboxylic acids is 2. The summed E-state index contributed by atoms with van der Waals surface area (Å²) >= 11 is 0. The van der Waals surface area contributed by atoms with E-state index in [1.54, 1.807) is 60.7 Å². The molecule has 0 radical (unpaired) electrons. The molecule has 5 rings (SSSR count). The van der Waals surface area contributed by atoms with Gasteiger partial charge in [0.05, 0.1) is 33.1 Å². The fraction of sp³-hybridized carbons (Fsp3) is 0. The van der Waals surface area contributed by atoms with Crippen LogP contribution in [0, 0.1) is 15.0 Å². The molecule has 0 N–H and O–H groups in total. The van der Waals surface area contributed by atoms with E-state index in [-0.39, 0.29) is 45.3 Å². The van der Waals surface area contributed by atoms with Crippen LogP contribution in [0.15, 0.2) is 102 Å². The number of carbonyl (C=O) groups is 2. The third-order valence-electron chi connectivity index (χ3n) is 5.70. The summed E-state index contributed by atoms with van der Waals surface area (Å²) in [5, 5.41) is 14.9. The Labute approximate surface area is 199 Å². The lowest BCUT2D eigenvalue weighted by atomic mass is 10.0. The molecule has 0 unspecified atom stereocenters. The van der Waals surface area contributed by atoms with Crippen molar-refractivity contribution in [3.63, 3.8) is 0 Å². The molecule has 9 heteroatoms. The minimum absolute atomic E-state index is 0.0247. The molecule has 0 atom stereocenters. The van der Waals surface area contributed by atoms with Crippen molar-refractivity contribution in [1.29, 1.82) is 0 Å². The highest BCUT2D eigenvalue weighted by Crippen LogP contribution is 2.43. The fourth-order valence-corrected chi connectivity index (χ4v) is 4.18. The van der Waals surface area contributed by atoms with Gasteiger partial charge in [0.25, 0.3) is 17.5 Å². The van der Waals surface area contributed by atoms with Crippen LogP contribution in [0.4, 0.5) is 34.1 Å². The maximum Gasteiger partial charge on any atom is 0.293 e. The second kappa shape index (κ2) is 8.64. The van der Waals surface area contributed by atoms with Crippen LogP contribution in [0.25, 0.3) is 0 Å². The first kappa shape index (κ1) is 21.7. The van der Waals surface area contributed by atoms with Gasteiger partial charge in [0.2, 0.25) is 0 Å². The number of nitro groups is 1. The van der Waals surface area contributed by atoms with Gasteiger partial charge in [0.1, 0.15) is 11.4 Å². The number of nitroso groups, excluding NO2 is 1. The number of hydrogen-bond donors (Lipinski definition) is 0.